The van der Waals surface area contributed by atoms with E-state index in [1.54, 1.807) is 14.7 Å². The van der Waals surface area contributed by atoms with Crippen LogP contribution in [0.4, 0.5) is 0 Å². The number of unbranched alkanes of at least 4 members (excludes halogenated alkanes) is 13. The summed E-state index contributed by atoms with van der Waals surface area (Å²) in [6, 6.07) is 0. The Labute approximate surface area is 280 Å². The van der Waals surface area contributed by atoms with Crippen molar-refractivity contribution >= 4 is 17.9 Å². The quantitative estimate of drug-likeness (QED) is 0.148. The molecule has 1 rings (SSSR count). The second kappa shape index (κ2) is 27.1. The molecule has 0 unspecified atom stereocenters. The maximum atomic E-state index is 11.3. The van der Waals surface area contributed by atoms with Crippen LogP contribution in [0.15, 0.2) is 0 Å². The van der Waals surface area contributed by atoms with Gasteiger partial charge in [-0.1, -0.05) is 90.4 Å². The van der Waals surface area contributed by atoms with Crippen molar-refractivity contribution in [2.45, 2.75) is 96.8 Å². The zero-order valence-electron chi connectivity index (χ0n) is 25.5. The van der Waals surface area contributed by atoms with E-state index in [1.807, 2.05) is 0 Å². The maximum Gasteiger partial charge on any atom is 3.00 e. The molecular formula is C30H55GdN4O6. The second-order valence-corrected chi connectivity index (χ2v) is 11.4. The van der Waals surface area contributed by atoms with Crippen LogP contribution >= 0.6 is 0 Å². The number of carboxylic acid groups (broad SMARTS) is 3. The maximum absolute atomic E-state index is 11.3. The molecule has 0 aromatic carbocycles. The number of hydrogen-bond acceptors (Lipinski definition) is 10. The summed E-state index contributed by atoms with van der Waals surface area (Å²) in [7, 11) is 0. The smallest absolute Gasteiger partial charge is 0.549 e. The third-order valence-electron chi connectivity index (χ3n) is 7.82. The van der Waals surface area contributed by atoms with Crippen LogP contribution in [0, 0.1) is 39.9 Å². The summed E-state index contributed by atoms with van der Waals surface area (Å²) in [5.74, 6) is -3.53. The Hall–Kier alpha value is -0.425. The summed E-state index contributed by atoms with van der Waals surface area (Å²) < 4.78 is 0. The number of hydrogen-bond donors (Lipinski definition) is 0. The number of aliphatic carboxylic acids is 3. The van der Waals surface area contributed by atoms with E-state index in [4.69, 9.17) is 0 Å². The third kappa shape index (κ3) is 24.7. The van der Waals surface area contributed by atoms with Crippen LogP contribution in [0.3, 0.4) is 0 Å². The van der Waals surface area contributed by atoms with Crippen LogP contribution in [0.5, 0.6) is 0 Å². The minimum Gasteiger partial charge on any atom is -0.549 e. The van der Waals surface area contributed by atoms with E-state index in [9.17, 15) is 29.7 Å². The van der Waals surface area contributed by atoms with E-state index in [-0.39, 0.29) is 59.6 Å². The zero-order valence-corrected chi connectivity index (χ0v) is 27.7. The van der Waals surface area contributed by atoms with Crippen molar-refractivity contribution in [3.8, 4) is 0 Å². The van der Waals surface area contributed by atoms with Gasteiger partial charge in [0.2, 0.25) is 0 Å². The summed E-state index contributed by atoms with van der Waals surface area (Å²) in [5, 5.41) is 33.8. The van der Waals surface area contributed by atoms with E-state index >= 15 is 0 Å². The zero-order chi connectivity index (χ0) is 29.4. The van der Waals surface area contributed by atoms with Gasteiger partial charge in [0, 0.05) is 72.0 Å². The first-order chi connectivity index (χ1) is 19.3. The molecule has 10 nitrogen and oxygen atoms in total. The van der Waals surface area contributed by atoms with Crippen molar-refractivity contribution in [3.63, 3.8) is 0 Å². The number of carboxylic acids is 3. The number of rotatable bonds is 21. The van der Waals surface area contributed by atoms with Gasteiger partial charge in [0.05, 0.1) is 17.9 Å². The number of carbonyl (C=O) groups excluding carboxylic acids is 3. The molecule has 1 radical (unpaired) electrons. The molecule has 1 aliphatic rings. The first-order valence-corrected chi connectivity index (χ1v) is 15.8. The molecule has 0 atom stereocenters. The second-order valence-electron chi connectivity index (χ2n) is 11.4. The molecule has 0 aromatic heterocycles. The fraction of sp³-hybridized carbons (Fsp3) is 0.900. The molecule has 0 bridgehead atoms. The molecule has 41 heavy (non-hydrogen) atoms. The normalized spacial score (nSPS) is 16.9. The van der Waals surface area contributed by atoms with Crippen molar-refractivity contribution in [1.82, 2.24) is 19.6 Å². The van der Waals surface area contributed by atoms with E-state index in [0.29, 0.717) is 52.4 Å². The van der Waals surface area contributed by atoms with Crippen LogP contribution < -0.4 is 15.3 Å². The predicted molar refractivity (Wildman–Crippen MR) is 151 cm³/mol. The summed E-state index contributed by atoms with van der Waals surface area (Å²) in [6.45, 7) is 6.25. The first-order valence-electron chi connectivity index (χ1n) is 15.8. The van der Waals surface area contributed by atoms with Crippen molar-refractivity contribution in [2.75, 3.05) is 78.5 Å². The Morgan fingerprint density at radius 3 is 0.951 bits per heavy atom. The Kier molecular flexibility index (Phi) is 26.9. The van der Waals surface area contributed by atoms with Gasteiger partial charge in [-0.3, -0.25) is 14.7 Å². The van der Waals surface area contributed by atoms with Crippen LogP contribution in [-0.2, 0) is 14.4 Å². The average Bonchev–Trinajstić information content (AvgIpc) is 2.89. The molecule has 0 saturated carbocycles. The molecule has 11 heteroatoms. The molecule has 0 spiro atoms. The van der Waals surface area contributed by atoms with Crippen molar-refractivity contribution in [2.24, 2.45) is 0 Å². The van der Waals surface area contributed by atoms with Gasteiger partial charge in [-0.2, -0.15) is 0 Å². The minimum absolute atomic E-state index is 0. The fourth-order valence-electron chi connectivity index (χ4n) is 5.35. The van der Waals surface area contributed by atoms with Crippen LogP contribution in [0.25, 0.3) is 0 Å². The predicted octanol–water partition coefficient (Wildman–Crippen LogP) is -0.0610. The van der Waals surface area contributed by atoms with Gasteiger partial charge in [0.15, 0.2) is 0 Å². The average molecular weight is 725 g/mol. The standard InChI is InChI=1S/C30H58N4O6.Gd/c1-2-3-4-5-6-7-8-9-10-11-12-13-14-15-16-31-17-19-32(25-28(35)36)21-23-34(27-30(39)40)24-22-33(20-18-31)26-29(37)38;/h2-27H2,1H3,(H,35,36)(H,37,38)(H,39,40);/q;+3/p-3. The molecule has 239 valence electrons. The largest absolute Gasteiger partial charge is 3.00 e. The Bertz CT molecular complexity index is 655. The van der Waals surface area contributed by atoms with Crippen LogP contribution in [0.2, 0.25) is 0 Å². The van der Waals surface area contributed by atoms with E-state index in [0.717, 1.165) is 19.4 Å². The van der Waals surface area contributed by atoms with Gasteiger partial charge in [-0.15, -0.1) is 0 Å². The van der Waals surface area contributed by atoms with Crippen LogP contribution in [0.1, 0.15) is 96.8 Å². The number of carbonyl (C=O) groups is 3. The van der Waals surface area contributed by atoms with Gasteiger partial charge in [-0.05, 0) is 13.0 Å². The Morgan fingerprint density at radius 2 is 0.683 bits per heavy atom. The van der Waals surface area contributed by atoms with Gasteiger partial charge in [0.25, 0.3) is 0 Å². The van der Waals surface area contributed by atoms with Gasteiger partial charge >= 0.3 is 39.9 Å². The van der Waals surface area contributed by atoms with Gasteiger partial charge in [0.1, 0.15) is 0 Å². The van der Waals surface area contributed by atoms with E-state index < -0.39 is 17.9 Å². The van der Waals surface area contributed by atoms with E-state index in [2.05, 4.69) is 11.8 Å². The third-order valence-corrected chi connectivity index (χ3v) is 7.82. The SMILES string of the molecule is CCCCCCCCCCCCCCCCN1CCN(CC(=O)[O-])CCN(CC(=O)[O-])CCN(CC(=O)[O-])CC1.[Gd+3]. The first kappa shape index (κ1) is 40.6. The van der Waals surface area contributed by atoms with Gasteiger partial charge in [-0.25, -0.2) is 0 Å². The van der Waals surface area contributed by atoms with E-state index in [1.165, 1.54) is 77.0 Å². The van der Waals surface area contributed by atoms with Crippen molar-refractivity contribution in [3.05, 3.63) is 0 Å². The van der Waals surface area contributed by atoms with Crippen molar-refractivity contribution < 1.29 is 69.6 Å². The summed E-state index contributed by atoms with van der Waals surface area (Å²) in [5.41, 5.74) is 0. The molecule has 0 aliphatic carbocycles. The van der Waals surface area contributed by atoms with Crippen molar-refractivity contribution in [1.29, 1.82) is 0 Å². The summed E-state index contributed by atoms with van der Waals surface area (Å²) in [4.78, 5) is 41.3. The minimum atomic E-state index is -1.22. The summed E-state index contributed by atoms with van der Waals surface area (Å²) >= 11 is 0. The monoisotopic (exact) mass is 725 g/mol. The van der Waals surface area contributed by atoms with Gasteiger partial charge < -0.3 is 34.6 Å². The molecule has 1 fully saturated rings. The van der Waals surface area contributed by atoms with Crippen LogP contribution in [-0.4, -0.2) is 116 Å². The molecular weight excluding hydrogens is 670 g/mol. The molecule has 0 aromatic rings. The topological polar surface area (TPSA) is 133 Å². The molecule has 1 saturated heterocycles. The molecule has 1 aliphatic heterocycles. The molecule has 0 amide bonds. The Balaban J connectivity index is 0.0000160. The number of nitrogens with zero attached hydrogens (tertiary/aromatic N) is 4. The summed E-state index contributed by atoms with van der Waals surface area (Å²) in [6.07, 6.45) is 18.2. The molecule has 0 N–H and O–H groups in total. The molecule has 1 heterocycles. The Morgan fingerprint density at radius 1 is 0.439 bits per heavy atom. The fourth-order valence-corrected chi connectivity index (χ4v) is 5.35.